The second-order valence-electron chi connectivity index (χ2n) is 4.28. The first kappa shape index (κ1) is 13.1. The van der Waals surface area contributed by atoms with Gasteiger partial charge in [0.25, 0.3) is 11.8 Å². The number of benzene rings is 1. The largest absolute Gasteiger partial charge is 0.327 e. The highest BCUT2D eigenvalue weighted by Crippen LogP contribution is 2.20. The number of carbonyl (C=O) groups excluding carboxylic acids is 2. The van der Waals surface area contributed by atoms with Gasteiger partial charge in [-0.1, -0.05) is 12.0 Å². The highest BCUT2D eigenvalue weighted by molar-refractivity contribution is 5.94. The minimum atomic E-state index is -0.556. The molecule has 0 aliphatic carbocycles. The summed E-state index contributed by atoms with van der Waals surface area (Å²) in [5, 5.41) is 8.62. The first-order valence-electron chi connectivity index (χ1n) is 5.93. The fraction of sp³-hybridized carbons (Fsp3) is 0.286. The summed E-state index contributed by atoms with van der Waals surface area (Å²) < 4.78 is 0. The van der Waals surface area contributed by atoms with E-state index in [0.29, 0.717) is 18.7 Å². The van der Waals surface area contributed by atoms with Gasteiger partial charge in [-0.3, -0.25) is 14.8 Å². The van der Waals surface area contributed by atoms with Crippen LogP contribution in [0.4, 0.5) is 0 Å². The van der Waals surface area contributed by atoms with E-state index in [9.17, 15) is 9.59 Å². The van der Waals surface area contributed by atoms with Gasteiger partial charge in [-0.05, 0) is 42.5 Å². The van der Waals surface area contributed by atoms with Gasteiger partial charge in [-0.2, -0.15) is 0 Å². The Morgan fingerprint density at radius 3 is 2.84 bits per heavy atom. The Hall–Kier alpha value is -2.32. The van der Waals surface area contributed by atoms with Crippen LogP contribution >= 0.6 is 0 Å². The van der Waals surface area contributed by atoms with E-state index >= 15 is 0 Å². The molecule has 19 heavy (non-hydrogen) atoms. The van der Waals surface area contributed by atoms with Crippen molar-refractivity contribution in [3.8, 4) is 11.8 Å². The van der Waals surface area contributed by atoms with E-state index in [1.54, 1.807) is 29.4 Å². The average molecular weight is 258 g/mol. The first-order valence-corrected chi connectivity index (χ1v) is 5.93. The molecule has 0 unspecified atom stereocenters. The topological polar surface area (TPSA) is 69.6 Å². The van der Waals surface area contributed by atoms with Crippen LogP contribution in [0, 0.1) is 11.8 Å². The van der Waals surface area contributed by atoms with E-state index in [-0.39, 0.29) is 5.91 Å². The monoisotopic (exact) mass is 258 g/mol. The van der Waals surface area contributed by atoms with Crippen molar-refractivity contribution in [2.75, 3.05) is 6.54 Å². The number of rotatable bonds is 1. The zero-order valence-corrected chi connectivity index (χ0v) is 10.6. The summed E-state index contributed by atoms with van der Waals surface area (Å²) in [5.41, 5.74) is 4.00. The molecule has 0 atom stereocenters. The molecule has 1 aliphatic rings. The summed E-state index contributed by atoms with van der Waals surface area (Å²) in [6.07, 6.45) is 0.744. The molecule has 5 heteroatoms. The molecule has 0 aromatic heterocycles. The Kier molecular flexibility index (Phi) is 3.83. The smallest absolute Gasteiger partial charge is 0.298 e. The van der Waals surface area contributed by atoms with Crippen LogP contribution in [0.1, 0.15) is 28.4 Å². The van der Waals surface area contributed by atoms with E-state index in [2.05, 4.69) is 11.8 Å². The molecule has 5 nitrogen and oxygen atoms in total. The second kappa shape index (κ2) is 5.55. The third kappa shape index (κ3) is 2.75. The minimum Gasteiger partial charge on any atom is -0.327 e. The van der Waals surface area contributed by atoms with Crippen molar-refractivity contribution < 1.29 is 14.8 Å². The SMILES string of the molecule is CC#CC(=O)N1CCc2ccc(C(=O)NO)cc2C1. The summed E-state index contributed by atoms with van der Waals surface area (Å²) in [5.74, 6) is 4.34. The number of hydrogen-bond donors (Lipinski definition) is 2. The number of fused-ring (bicyclic) bond motifs is 1. The molecule has 1 heterocycles. The minimum absolute atomic E-state index is 0.204. The molecule has 0 radical (unpaired) electrons. The van der Waals surface area contributed by atoms with Gasteiger partial charge in [0, 0.05) is 18.7 Å². The summed E-state index contributed by atoms with van der Waals surface area (Å²) in [4.78, 5) is 24.7. The Labute approximate surface area is 111 Å². The van der Waals surface area contributed by atoms with Crippen molar-refractivity contribution in [1.29, 1.82) is 0 Å². The maximum atomic E-state index is 11.7. The third-order valence-electron chi connectivity index (χ3n) is 3.10. The predicted molar refractivity (Wildman–Crippen MR) is 68.3 cm³/mol. The van der Waals surface area contributed by atoms with Gasteiger partial charge in [0.1, 0.15) is 0 Å². The normalized spacial score (nSPS) is 13.1. The lowest BCUT2D eigenvalue weighted by molar-refractivity contribution is -0.125. The van der Waals surface area contributed by atoms with E-state index in [0.717, 1.165) is 17.5 Å². The molecule has 1 aromatic carbocycles. The number of nitrogens with zero attached hydrogens (tertiary/aromatic N) is 1. The van der Waals surface area contributed by atoms with Crippen LogP contribution in [0.25, 0.3) is 0 Å². The summed E-state index contributed by atoms with van der Waals surface area (Å²) in [6.45, 7) is 2.70. The molecular weight excluding hydrogens is 244 g/mol. The maximum absolute atomic E-state index is 11.7. The van der Waals surface area contributed by atoms with Gasteiger partial charge in [0.2, 0.25) is 0 Å². The summed E-state index contributed by atoms with van der Waals surface area (Å²) >= 11 is 0. The van der Waals surface area contributed by atoms with Gasteiger partial charge in [-0.25, -0.2) is 5.48 Å². The fourth-order valence-corrected chi connectivity index (χ4v) is 2.12. The van der Waals surface area contributed by atoms with E-state index < -0.39 is 5.91 Å². The molecule has 0 spiro atoms. The van der Waals surface area contributed by atoms with Crippen LogP contribution in [-0.4, -0.2) is 28.5 Å². The van der Waals surface area contributed by atoms with Gasteiger partial charge >= 0.3 is 0 Å². The molecule has 0 saturated carbocycles. The fourth-order valence-electron chi connectivity index (χ4n) is 2.12. The lowest BCUT2D eigenvalue weighted by Crippen LogP contribution is -2.35. The zero-order valence-electron chi connectivity index (χ0n) is 10.6. The van der Waals surface area contributed by atoms with E-state index in [1.807, 2.05) is 6.07 Å². The van der Waals surface area contributed by atoms with E-state index in [1.165, 1.54) is 0 Å². The standard InChI is InChI=1S/C14H14N2O3/c1-2-3-13(17)16-7-6-10-4-5-11(14(18)15-19)8-12(10)9-16/h4-5,8,19H,6-7,9H2,1H3,(H,15,18). The van der Waals surface area contributed by atoms with Crippen molar-refractivity contribution in [2.45, 2.75) is 19.9 Å². The Morgan fingerprint density at radius 1 is 1.37 bits per heavy atom. The Morgan fingerprint density at radius 2 is 2.16 bits per heavy atom. The second-order valence-corrected chi connectivity index (χ2v) is 4.28. The Bertz CT molecular complexity index is 584. The highest BCUT2D eigenvalue weighted by Gasteiger charge is 2.20. The molecule has 0 fully saturated rings. The molecule has 2 amide bonds. The summed E-state index contributed by atoms with van der Waals surface area (Å²) in [6, 6.07) is 5.21. The average Bonchev–Trinajstić information content (AvgIpc) is 2.45. The molecule has 2 N–H and O–H groups in total. The lowest BCUT2D eigenvalue weighted by atomic mass is 9.97. The maximum Gasteiger partial charge on any atom is 0.298 e. The van der Waals surface area contributed by atoms with Gasteiger partial charge in [0.15, 0.2) is 0 Å². The van der Waals surface area contributed by atoms with Crippen molar-refractivity contribution in [1.82, 2.24) is 10.4 Å². The number of hydrogen-bond acceptors (Lipinski definition) is 3. The number of nitrogens with one attached hydrogen (secondary N) is 1. The zero-order chi connectivity index (χ0) is 13.8. The van der Waals surface area contributed by atoms with Gasteiger partial charge in [0.05, 0.1) is 0 Å². The summed E-state index contributed by atoms with van der Waals surface area (Å²) in [7, 11) is 0. The van der Waals surface area contributed by atoms with Crippen LogP contribution in [0.3, 0.4) is 0 Å². The van der Waals surface area contributed by atoms with Crippen LogP contribution in [0.2, 0.25) is 0 Å². The molecule has 0 bridgehead atoms. The molecule has 98 valence electrons. The molecule has 1 aliphatic heterocycles. The lowest BCUT2D eigenvalue weighted by Gasteiger charge is -2.27. The van der Waals surface area contributed by atoms with Crippen molar-refractivity contribution in [3.63, 3.8) is 0 Å². The number of amides is 2. The van der Waals surface area contributed by atoms with Crippen molar-refractivity contribution >= 4 is 11.8 Å². The third-order valence-corrected chi connectivity index (χ3v) is 3.10. The predicted octanol–water partition coefficient (Wildman–Crippen LogP) is 0.714. The quantitative estimate of drug-likeness (QED) is 0.443. The Balaban J connectivity index is 2.24. The molecule has 0 saturated heterocycles. The van der Waals surface area contributed by atoms with Crippen molar-refractivity contribution in [2.24, 2.45) is 0 Å². The van der Waals surface area contributed by atoms with Gasteiger partial charge in [-0.15, -0.1) is 0 Å². The van der Waals surface area contributed by atoms with Gasteiger partial charge < -0.3 is 4.90 Å². The first-order chi connectivity index (χ1) is 9.15. The van der Waals surface area contributed by atoms with E-state index in [4.69, 9.17) is 5.21 Å². The molecular formula is C14H14N2O3. The molecule has 2 rings (SSSR count). The molecule has 1 aromatic rings. The van der Waals surface area contributed by atoms with Crippen LogP contribution in [-0.2, 0) is 17.8 Å². The van der Waals surface area contributed by atoms with Crippen molar-refractivity contribution in [3.05, 3.63) is 34.9 Å². The van der Waals surface area contributed by atoms with Crippen LogP contribution < -0.4 is 5.48 Å². The highest BCUT2D eigenvalue weighted by atomic mass is 16.5. The van der Waals surface area contributed by atoms with Crippen LogP contribution in [0.15, 0.2) is 18.2 Å². The number of carbonyl (C=O) groups is 2. The number of hydroxylamine groups is 1. The van der Waals surface area contributed by atoms with Crippen LogP contribution in [0.5, 0.6) is 0 Å².